The van der Waals surface area contributed by atoms with Gasteiger partial charge in [0.1, 0.15) is 0 Å². The Morgan fingerprint density at radius 1 is 1.18 bits per heavy atom. The first-order chi connectivity index (χ1) is 7.85. The van der Waals surface area contributed by atoms with Crippen LogP contribution in [0, 0.1) is 0 Å². The minimum Gasteiger partial charge on any atom is -0.281 e. The molecular formula is C9H9Br3ClNO2S. The molecule has 3 nitrogen and oxygen atoms in total. The molecule has 0 atom stereocenters. The zero-order valence-corrected chi connectivity index (χ0v) is 14.8. The summed E-state index contributed by atoms with van der Waals surface area (Å²) >= 11 is 15.4. The van der Waals surface area contributed by atoms with Gasteiger partial charge in [0.25, 0.3) is 0 Å². The van der Waals surface area contributed by atoms with Crippen LogP contribution >= 0.6 is 59.4 Å². The smallest absolute Gasteiger partial charge is 0.232 e. The van der Waals surface area contributed by atoms with Gasteiger partial charge in [0.15, 0.2) is 0 Å². The number of halogens is 4. The van der Waals surface area contributed by atoms with Gasteiger partial charge >= 0.3 is 0 Å². The standard InChI is InChI=1S/C9H9Br3ClNO2S/c10-6-4-7(11)9(8(12)5-6)14-17(15,16)3-1-2-13/h4-5,14H,1-3H2. The molecule has 1 N–H and O–H groups in total. The molecule has 96 valence electrons. The number of anilines is 1. The van der Waals surface area contributed by atoms with Crippen molar-refractivity contribution in [3.8, 4) is 0 Å². The summed E-state index contributed by atoms with van der Waals surface area (Å²) in [6.07, 6.45) is 0.419. The average Bonchev–Trinajstić information content (AvgIpc) is 2.21. The van der Waals surface area contributed by atoms with Crippen LogP contribution in [0.4, 0.5) is 5.69 Å². The van der Waals surface area contributed by atoms with Crippen LogP contribution in [0.25, 0.3) is 0 Å². The number of rotatable bonds is 5. The minimum atomic E-state index is -3.36. The Hall–Kier alpha value is 0.700. The highest BCUT2D eigenvalue weighted by Crippen LogP contribution is 2.35. The Kier molecular flexibility index (Phi) is 6.25. The van der Waals surface area contributed by atoms with E-state index in [0.29, 0.717) is 26.9 Å². The van der Waals surface area contributed by atoms with Crippen LogP contribution in [0.3, 0.4) is 0 Å². The molecule has 0 spiro atoms. The highest BCUT2D eigenvalue weighted by atomic mass is 79.9. The minimum absolute atomic E-state index is 0.00540. The third kappa shape index (κ3) is 5.06. The summed E-state index contributed by atoms with van der Waals surface area (Å²) in [6.45, 7) is 0. The van der Waals surface area contributed by atoms with Gasteiger partial charge in [-0.25, -0.2) is 8.42 Å². The normalized spacial score (nSPS) is 11.5. The molecule has 1 rings (SSSR count). The summed E-state index contributed by atoms with van der Waals surface area (Å²) < 4.78 is 28.1. The molecule has 0 unspecified atom stereocenters. The number of alkyl halides is 1. The van der Waals surface area contributed by atoms with Crippen LogP contribution in [0.15, 0.2) is 25.6 Å². The first-order valence-corrected chi connectivity index (χ1v) is 9.13. The van der Waals surface area contributed by atoms with E-state index >= 15 is 0 Å². The van der Waals surface area contributed by atoms with Crippen LogP contribution in [0.5, 0.6) is 0 Å². The zero-order valence-electron chi connectivity index (χ0n) is 8.51. The van der Waals surface area contributed by atoms with Crippen molar-refractivity contribution < 1.29 is 8.42 Å². The van der Waals surface area contributed by atoms with E-state index < -0.39 is 10.0 Å². The largest absolute Gasteiger partial charge is 0.281 e. The molecule has 0 aliphatic rings. The molecule has 0 heterocycles. The first kappa shape index (κ1) is 15.8. The lowest BCUT2D eigenvalue weighted by atomic mass is 10.3. The second-order valence-corrected chi connectivity index (χ2v) is 8.05. The topological polar surface area (TPSA) is 46.2 Å². The van der Waals surface area contributed by atoms with Gasteiger partial charge in [0.2, 0.25) is 10.0 Å². The van der Waals surface area contributed by atoms with Crippen molar-refractivity contribution in [2.24, 2.45) is 0 Å². The van der Waals surface area contributed by atoms with E-state index in [-0.39, 0.29) is 5.75 Å². The summed E-state index contributed by atoms with van der Waals surface area (Å²) in [5.74, 6) is 0.328. The third-order valence-corrected chi connectivity index (χ3v) is 5.13. The van der Waals surface area contributed by atoms with Gasteiger partial charge in [-0.3, -0.25) is 4.72 Å². The van der Waals surface area contributed by atoms with E-state index in [0.717, 1.165) is 4.47 Å². The summed E-state index contributed by atoms with van der Waals surface area (Å²) in [4.78, 5) is 0. The summed E-state index contributed by atoms with van der Waals surface area (Å²) in [5.41, 5.74) is 0.489. The molecule has 8 heteroatoms. The quantitative estimate of drug-likeness (QED) is 0.651. The van der Waals surface area contributed by atoms with E-state index in [1.165, 1.54) is 0 Å². The molecule has 0 saturated heterocycles. The van der Waals surface area contributed by atoms with Crippen molar-refractivity contribution in [2.75, 3.05) is 16.4 Å². The van der Waals surface area contributed by atoms with Crippen LogP contribution in [0.1, 0.15) is 6.42 Å². The van der Waals surface area contributed by atoms with Crippen LogP contribution in [0.2, 0.25) is 0 Å². The number of hydrogen-bond acceptors (Lipinski definition) is 2. The van der Waals surface area contributed by atoms with Crippen LogP contribution in [-0.4, -0.2) is 20.1 Å². The fraction of sp³-hybridized carbons (Fsp3) is 0.333. The highest BCUT2D eigenvalue weighted by Gasteiger charge is 2.14. The van der Waals surface area contributed by atoms with Crippen molar-refractivity contribution in [3.63, 3.8) is 0 Å². The van der Waals surface area contributed by atoms with Gasteiger partial charge in [0.05, 0.1) is 11.4 Å². The molecule has 0 aliphatic heterocycles. The SMILES string of the molecule is O=S(=O)(CCCCl)Nc1c(Br)cc(Br)cc1Br. The Morgan fingerprint density at radius 2 is 1.71 bits per heavy atom. The predicted octanol–water partition coefficient (Wildman–Crippen LogP) is 4.34. The first-order valence-electron chi connectivity index (χ1n) is 4.57. The molecule has 0 bridgehead atoms. The second-order valence-electron chi connectivity index (χ2n) is 3.21. The molecule has 0 radical (unpaired) electrons. The molecule has 0 saturated carbocycles. The molecule has 0 fully saturated rings. The summed E-state index contributed by atoms with van der Waals surface area (Å²) in [7, 11) is -3.36. The van der Waals surface area contributed by atoms with E-state index in [1.807, 2.05) is 0 Å². The number of nitrogens with one attached hydrogen (secondary N) is 1. The second kappa shape index (κ2) is 6.75. The lowest BCUT2D eigenvalue weighted by Gasteiger charge is -2.11. The molecule has 1 aromatic rings. The van der Waals surface area contributed by atoms with Crippen LogP contribution in [-0.2, 0) is 10.0 Å². The van der Waals surface area contributed by atoms with E-state index in [1.54, 1.807) is 12.1 Å². The van der Waals surface area contributed by atoms with Crippen molar-refractivity contribution in [1.82, 2.24) is 0 Å². The predicted molar refractivity (Wildman–Crippen MR) is 82.3 cm³/mol. The Bertz CT molecular complexity index is 484. The molecule has 0 aromatic heterocycles. The molecule has 1 aromatic carbocycles. The van der Waals surface area contributed by atoms with Gasteiger partial charge in [0, 0.05) is 19.3 Å². The summed E-state index contributed by atoms with van der Waals surface area (Å²) in [6, 6.07) is 3.54. The third-order valence-electron chi connectivity index (χ3n) is 1.81. The molecule has 0 aliphatic carbocycles. The molecular weight excluding hydrogens is 461 g/mol. The number of benzene rings is 1. The number of sulfonamides is 1. The van der Waals surface area contributed by atoms with Gasteiger partial charge in [-0.15, -0.1) is 11.6 Å². The van der Waals surface area contributed by atoms with E-state index in [9.17, 15) is 8.42 Å². The van der Waals surface area contributed by atoms with Crippen LogP contribution < -0.4 is 4.72 Å². The maximum atomic E-state index is 11.7. The Labute approximate surface area is 131 Å². The lowest BCUT2D eigenvalue weighted by Crippen LogP contribution is -2.17. The van der Waals surface area contributed by atoms with Gasteiger partial charge in [-0.05, 0) is 50.4 Å². The monoisotopic (exact) mass is 467 g/mol. The number of hydrogen-bond donors (Lipinski definition) is 1. The summed E-state index contributed by atoms with van der Waals surface area (Å²) in [5, 5.41) is 0. The molecule has 17 heavy (non-hydrogen) atoms. The maximum absolute atomic E-state index is 11.7. The van der Waals surface area contributed by atoms with Crippen molar-refractivity contribution in [2.45, 2.75) is 6.42 Å². The highest BCUT2D eigenvalue weighted by molar-refractivity contribution is 9.11. The Balaban J connectivity index is 2.96. The van der Waals surface area contributed by atoms with Gasteiger partial charge in [-0.1, -0.05) is 15.9 Å². The van der Waals surface area contributed by atoms with Crippen molar-refractivity contribution in [3.05, 3.63) is 25.6 Å². The molecule has 0 amide bonds. The fourth-order valence-corrected chi connectivity index (χ4v) is 5.26. The lowest BCUT2D eigenvalue weighted by molar-refractivity contribution is 0.600. The van der Waals surface area contributed by atoms with Crippen molar-refractivity contribution in [1.29, 1.82) is 0 Å². The van der Waals surface area contributed by atoms with E-state index in [4.69, 9.17) is 11.6 Å². The van der Waals surface area contributed by atoms with Gasteiger partial charge < -0.3 is 0 Å². The van der Waals surface area contributed by atoms with E-state index in [2.05, 4.69) is 52.5 Å². The fourth-order valence-electron chi connectivity index (χ4n) is 1.09. The van der Waals surface area contributed by atoms with Crippen molar-refractivity contribution >= 4 is 75.1 Å². The zero-order chi connectivity index (χ0) is 13.1. The maximum Gasteiger partial charge on any atom is 0.232 e. The van der Waals surface area contributed by atoms with Gasteiger partial charge in [-0.2, -0.15) is 0 Å². The average molecular weight is 470 g/mol. The Morgan fingerprint density at radius 3 is 2.18 bits per heavy atom.